The van der Waals surface area contributed by atoms with Crippen LogP contribution in [0.4, 0.5) is 5.82 Å². The number of anilines is 1. The Balaban J connectivity index is 1.45. The van der Waals surface area contributed by atoms with Crippen LogP contribution in [0.5, 0.6) is 0 Å². The molecular weight excluding hydrogens is 452 g/mol. The van der Waals surface area contributed by atoms with Gasteiger partial charge in [0.1, 0.15) is 11.6 Å². The first-order valence-electron chi connectivity index (χ1n) is 11.3. The lowest BCUT2D eigenvalue weighted by atomic mass is 10.0. The number of amides is 1. The fourth-order valence-electron chi connectivity index (χ4n) is 4.10. The number of nitrogens with zero attached hydrogens (tertiary/aromatic N) is 4. The Labute approximate surface area is 205 Å². The van der Waals surface area contributed by atoms with E-state index in [9.17, 15) is 4.79 Å². The third-order valence-corrected chi connectivity index (χ3v) is 7.10. The quantitative estimate of drug-likeness (QED) is 0.444. The summed E-state index contributed by atoms with van der Waals surface area (Å²) in [6.45, 7) is 7.05. The number of hydrogen-bond acceptors (Lipinski definition) is 5. The summed E-state index contributed by atoms with van der Waals surface area (Å²) >= 11 is 7.67. The highest BCUT2D eigenvalue weighted by Gasteiger charge is 2.25. The fourth-order valence-corrected chi connectivity index (χ4v) is 5.05. The van der Waals surface area contributed by atoms with E-state index in [2.05, 4.69) is 24.0 Å². The van der Waals surface area contributed by atoms with Crippen molar-refractivity contribution in [3.63, 3.8) is 0 Å². The summed E-state index contributed by atoms with van der Waals surface area (Å²) in [5, 5.41) is 0.737. The van der Waals surface area contributed by atoms with Gasteiger partial charge in [-0.05, 0) is 43.2 Å². The van der Waals surface area contributed by atoms with E-state index >= 15 is 0 Å². The summed E-state index contributed by atoms with van der Waals surface area (Å²) in [6, 6.07) is 18.1. The van der Waals surface area contributed by atoms with Gasteiger partial charge in [0, 0.05) is 53.8 Å². The number of carbonyl (C=O) groups excluding carboxylic acids is 1. The van der Waals surface area contributed by atoms with Gasteiger partial charge in [-0.2, -0.15) is 0 Å². The lowest BCUT2D eigenvalue weighted by Gasteiger charge is -2.36. The highest BCUT2D eigenvalue weighted by Crippen LogP contribution is 2.27. The highest BCUT2D eigenvalue weighted by molar-refractivity contribution is 8.00. The Morgan fingerprint density at radius 2 is 1.70 bits per heavy atom. The Morgan fingerprint density at radius 3 is 2.36 bits per heavy atom. The van der Waals surface area contributed by atoms with E-state index in [0.29, 0.717) is 18.8 Å². The first kappa shape index (κ1) is 23.6. The minimum atomic E-state index is 0.193. The van der Waals surface area contributed by atoms with E-state index < -0.39 is 0 Å². The molecule has 2 heterocycles. The summed E-state index contributed by atoms with van der Waals surface area (Å²) in [4.78, 5) is 27.7. The van der Waals surface area contributed by atoms with Crippen molar-refractivity contribution in [3.8, 4) is 0 Å². The molecule has 3 aromatic rings. The molecule has 1 aliphatic rings. The average molecular weight is 481 g/mol. The number of aromatic nitrogens is 2. The van der Waals surface area contributed by atoms with Gasteiger partial charge < -0.3 is 9.80 Å². The smallest absolute Gasteiger partial charge is 0.233 e. The zero-order valence-corrected chi connectivity index (χ0v) is 20.7. The van der Waals surface area contributed by atoms with E-state index in [1.54, 1.807) is 11.8 Å². The predicted octanol–water partition coefficient (Wildman–Crippen LogP) is 5.03. The molecule has 5 nitrogen and oxygen atoms in total. The van der Waals surface area contributed by atoms with Gasteiger partial charge in [-0.15, -0.1) is 11.8 Å². The molecule has 0 aliphatic carbocycles. The lowest BCUT2D eigenvalue weighted by molar-refractivity contribution is -0.128. The van der Waals surface area contributed by atoms with Gasteiger partial charge >= 0.3 is 0 Å². The van der Waals surface area contributed by atoms with Gasteiger partial charge in [0.05, 0.1) is 5.75 Å². The molecule has 0 spiro atoms. The average Bonchev–Trinajstić information content (AvgIpc) is 2.85. The van der Waals surface area contributed by atoms with E-state index in [0.717, 1.165) is 53.2 Å². The van der Waals surface area contributed by atoms with Gasteiger partial charge in [-0.3, -0.25) is 4.79 Å². The summed E-state index contributed by atoms with van der Waals surface area (Å²) in [6.07, 6.45) is 1.62. The Hall–Kier alpha value is -2.57. The van der Waals surface area contributed by atoms with E-state index in [4.69, 9.17) is 21.6 Å². The van der Waals surface area contributed by atoms with Crippen molar-refractivity contribution in [2.45, 2.75) is 31.6 Å². The number of rotatable bonds is 7. The van der Waals surface area contributed by atoms with Crippen LogP contribution < -0.4 is 4.90 Å². The van der Waals surface area contributed by atoms with Crippen LogP contribution in [0.25, 0.3) is 0 Å². The molecule has 1 fully saturated rings. The second kappa shape index (κ2) is 11.0. The zero-order chi connectivity index (χ0) is 23.2. The molecule has 33 heavy (non-hydrogen) atoms. The third-order valence-electron chi connectivity index (χ3n) is 5.85. The van der Waals surface area contributed by atoms with Crippen molar-refractivity contribution < 1.29 is 4.79 Å². The molecule has 0 unspecified atom stereocenters. The van der Waals surface area contributed by atoms with Crippen LogP contribution in [-0.2, 0) is 17.6 Å². The van der Waals surface area contributed by atoms with Crippen molar-refractivity contribution in [2.24, 2.45) is 0 Å². The molecule has 172 valence electrons. The maximum atomic E-state index is 12.8. The fraction of sp³-hybridized carbons (Fsp3) is 0.346. The maximum Gasteiger partial charge on any atom is 0.233 e. The number of carbonyl (C=O) groups is 1. The van der Waals surface area contributed by atoms with Gasteiger partial charge in [-0.25, -0.2) is 9.97 Å². The lowest BCUT2D eigenvalue weighted by Crippen LogP contribution is -2.50. The molecular formula is C26H29ClN4OS. The summed E-state index contributed by atoms with van der Waals surface area (Å²) in [5.74, 6) is 2.45. The Bertz CT molecular complexity index is 1080. The topological polar surface area (TPSA) is 49.3 Å². The van der Waals surface area contributed by atoms with Crippen LogP contribution in [0.3, 0.4) is 0 Å². The Morgan fingerprint density at radius 1 is 1.00 bits per heavy atom. The van der Waals surface area contributed by atoms with Crippen LogP contribution in [0.15, 0.2) is 59.5 Å². The number of piperazine rings is 1. The standard InChI is InChI=1S/C26H29ClN4OS/c1-3-24-23(17-20-9-11-21(27)12-10-20)26(29-19(2)28-24)31-15-13-30(14-16-31)25(32)18-33-22-7-5-4-6-8-22/h4-12H,3,13-18H2,1-2H3. The first-order chi connectivity index (χ1) is 16.0. The van der Waals surface area contributed by atoms with Crippen molar-refractivity contribution in [1.29, 1.82) is 0 Å². The van der Waals surface area contributed by atoms with Gasteiger partial charge in [0.2, 0.25) is 5.91 Å². The normalized spacial score (nSPS) is 13.9. The molecule has 4 rings (SSSR count). The molecule has 0 saturated carbocycles. The van der Waals surface area contributed by atoms with Crippen molar-refractivity contribution >= 4 is 35.1 Å². The zero-order valence-electron chi connectivity index (χ0n) is 19.1. The summed E-state index contributed by atoms with van der Waals surface area (Å²) in [7, 11) is 0. The van der Waals surface area contributed by atoms with Gasteiger partial charge in [0.15, 0.2) is 0 Å². The largest absolute Gasteiger partial charge is 0.353 e. The van der Waals surface area contributed by atoms with Crippen LogP contribution in [-0.4, -0.2) is 52.7 Å². The monoisotopic (exact) mass is 480 g/mol. The number of aryl methyl sites for hydroxylation is 2. The number of hydrogen-bond donors (Lipinski definition) is 0. The number of halogens is 1. The number of benzene rings is 2. The summed E-state index contributed by atoms with van der Waals surface area (Å²) in [5.41, 5.74) is 3.45. The Kier molecular flexibility index (Phi) is 7.89. The second-order valence-corrected chi connectivity index (χ2v) is 9.63. The molecule has 0 radical (unpaired) electrons. The minimum absolute atomic E-state index is 0.193. The third kappa shape index (κ3) is 6.06. The SMILES string of the molecule is CCc1nc(C)nc(N2CCN(C(=O)CSc3ccccc3)CC2)c1Cc1ccc(Cl)cc1. The van der Waals surface area contributed by atoms with Crippen LogP contribution in [0.1, 0.15) is 29.6 Å². The van der Waals surface area contributed by atoms with E-state index in [-0.39, 0.29) is 5.91 Å². The van der Waals surface area contributed by atoms with Crippen LogP contribution in [0, 0.1) is 6.92 Å². The van der Waals surface area contributed by atoms with Crippen molar-refractivity contribution in [1.82, 2.24) is 14.9 Å². The summed E-state index contributed by atoms with van der Waals surface area (Å²) < 4.78 is 0. The van der Waals surface area contributed by atoms with Crippen LogP contribution in [0.2, 0.25) is 5.02 Å². The van der Waals surface area contributed by atoms with E-state index in [1.807, 2.05) is 54.3 Å². The molecule has 0 bridgehead atoms. The molecule has 1 aromatic heterocycles. The van der Waals surface area contributed by atoms with Crippen molar-refractivity contribution in [3.05, 3.63) is 82.3 Å². The van der Waals surface area contributed by atoms with Gasteiger partial charge in [-0.1, -0.05) is 48.9 Å². The first-order valence-corrected chi connectivity index (χ1v) is 12.7. The molecule has 0 atom stereocenters. The minimum Gasteiger partial charge on any atom is -0.353 e. The number of thioether (sulfide) groups is 1. The van der Waals surface area contributed by atoms with Crippen LogP contribution >= 0.6 is 23.4 Å². The molecule has 0 N–H and O–H groups in total. The highest BCUT2D eigenvalue weighted by atomic mass is 35.5. The molecule has 1 saturated heterocycles. The maximum absolute atomic E-state index is 12.8. The van der Waals surface area contributed by atoms with Gasteiger partial charge in [0.25, 0.3) is 0 Å². The molecule has 1 aliphatic heterocycles. The van der Waals surface area contributed by atoms with E-state index in [1.165, 1.54) is 11.1 Å². The van der Waals surface area contributed by atoms with Crippen molar-refractivity contribution in [2.75, 3.05) is 36.8 Å². The second-order valence-electron chi connectivity index (χ2n) is 8.15. The predicted molar refractivity (Wildman–Crippen MR) is 136 cm³/mol. The molecule has 2 aromatic carbocycles. The molecule has 1 amide bonds. The molecule has 7 heteroatoms.